The molecule has 1 N–H and O–H groups in total. The summed E-state index contributed by atoms with van der Waals surface area (Å²) >= 11 is 1.81. The van der Waals surface area contributed by atoms with Crippen molar-refractivity contribution in [2.75, 3.05) is 0 Å². The Kier molecular flexibility index (Phi) is 7.49. The lowest BCUT2D eigenvalue weighted by Gasteiger charge is -2.24. The van der Waals surface area contributed by atoms with E-state index in [0.29, 0.717) is 0 Å². The van der Waals surface area contributed by atoms with Gasteiger partial charge in [-0.05, 0) is 108 Å². The van der Waals surface area contributed by atoms with Gasteiger partial charge in [-0.25, -0.2) is 0 Å². The molecule has 1 unspecified atom stereocenters. The zero-order chi connectivity index (χ0) is 37.4. The molecule has 0 bridgehead atoms. The zero-order valence-corrected chi connectivity index (χ0v) is 32.1. The van der Waals surface area contributed by atoms with Crippen LogP contribution in [0.15, 0.2) is 187 Å². The van der Waals surface area contributed by atoms with E-state index in [1.54, 1.807) is 0 Å². The maximum absolute atomic E-state index is 5.27. The van der Waals surface area contributed by atoms with Gasteiger partial charge in [0, 0.05) is 15.5 Å². The molecule has 1 atom stereocenters. The van der Waals surface area contributed by atoms with Gasteiger partial charge in [0.1, 0.15) is 6.17 Å². The lowest BCUT2D eigenvalue weighted by molar-refractivity contribution is 0.639. The molecule has 11 rings (SSSR count). The first-order valence-electron chi connectivity index (χ1n) is 19.4. The van der Waals surface area contributed by atoms with E-state index in [2.05, 4.69) is 201 Å². The number of rotatable bonds is 5. The highest BCUT2D eigenvalue weighted by Gasteiger charge is 2.39. The third kappa shape index (κ3) is 5.19. The Balaban J connectivity index is 1.01. The van der Waals surface area contributed by atoms with E-state index in [0.717, 1.165) is 22.2 Å². The Morgan fingerprint density at radius 1 is 0.518 bits per heavy atom. The van der Waals surface area contributed by atoms with Crippen molar-refractivity contribution in [3.8, 4) is 44.5 Å². The first kappa shape index (κ1) is 32.8. The molecule has 0 saturated carbocycles. The number of hydrogen-bond acceptors (Lipinski definition) is 3. The quantitative estimate of drug-likeness (QED) is 0.187. The van der Waals surface area contributed by atoms with Crippen LogP contribution in [0.25, 0.3) is 71.1 Å². The van der Waals surface area contributed by atoms with Crippen molar-refractivity contribution in [3.05, 3.63) is 214 Å². The number of fused-ring (bicyclic) bond motifs is 8. The second-order valence-electron chi connectivity index (χ2n) is 15.5. The molecule has 0 radical (unpaired) electrons. The normalized spacial score (nSPS) is 15.2. The van der Waals surface area contributed by atoms with Gasteiger partial charge in [-0.3, -0.25) is 4.99 Å². The highest BCUT2D eigenvalue weighted by molar-refractivity contribution is 7.17. The van der Waals surface area contributed by atoms with E-state index >= 15 is 0 Å². The third-order valence-electron chi connectivity index (χ3n) is 11.9. The minimum atomic E-state index is -0.170. The van der Waals surface area contributed by atoms with Crippen molar-refractivity contribution in [2.45, 2.75) is 25.4 Å². The van der Waals surface area contributed by atoms with Crippen LogP contribution >= 0.6 is 11.3 Å². The summed E-state index contributed by atoms with van der Waals surface area (Å²) in [6.07, 6.45) is -0.166. The van der Waals surface area contributed by atoms with E-state index < -0.39 is 0 Å². The molecule has 0 amide bonds. The molecular weight excluding hydrogens is 697 g/mol. The summed E-state index contributed by atoms with van der Waals surface area (Å²) in [6, 6.07) is 66.5. The van der Waals surface area contributed by atoms with Crippen LogP contribution in [0.2, 0.25) is 0 Å². The molecule has 8 aromatic carbocycles. The molecule has 1 aliphatic heterocycles. The molecule has 0 spiro atoms. The second kappa shape index (κ2) is 12.8. The average Bonchev–Trinajstić information content (AvgIpc) is 3.75. The SMILES string of the molecule is CC1(C)c2cc(-c3cccc(-c4cccc(C5=c6sc7ccccc7c6=NC(c6ccccc6)N5)c4)c3)ccc2-c2c(-c3ccccc3)cc3ccccc3c21. The number of nitrogens with zero attached hydrogens (tertiary/aromatic N) is 1. The molecule has 1 aromatic heterocycles. The molecule has 9 aromatic rings. The van der Waals surface area contributed by atoms with Gasteiger partial charge in [-0.15, -0.1) is 11.3 Å². The third-order valence-corrected chi connectivity index (χ3v) is 13.0. The molecule has 2 nitrogen and oxygen atoms in total. The lowest BCUT2D eigenvalue weighted by Crippen LogP contribution is -2.37. The maximum atomic E-state index is 5.27. The highest BCUT2D eigenvalue weighted by atomic mass is 32.1. The van der Waals surface area contributed by atoms with Gasteiger partial charge < -0.3 is 5.32 Å². The Bertz CT molecular complexity index is 3140. The van der Waals surface area contributed by atoms with Crippen molar-refractivity contribution in [1.82, 2.24) is 5.32 Å². The van der Waals surface area contributed by atoms with E-state index in [9.17, 15) is 0 Å². The molecule has 0 fully saturated rings. The topological polar surface area (TPSA) is 24.4 Å². The number of thiophene rings is 1. The van der Waals surface area contributed by atoms with Crippen LogP contribution in [0.5, 0.6) is 0 Å². The second-order valence-corrected chi connectivity index (χ2v) is 16.6. The van der Waals surface area contributed by atoms with Crippen LogP contribution in [0, 0.1) is 0 Å². The number of benzene rings is 8. The minimum absolute atomic E-state index is 0.166. The Morgan fingerprint density at radius 3 is 1.89 bits per heavy atom. The predicted octanol–water partition coefficient (Wildman–Crippen LogP) is 12.4. The summed E-state index contributed by atoms with van der Waals surface area (Å²) in [4.78, 5) is 5.27. The van der Waals surface area contributed by atoms with Crippen LogP contribution < -0.4 is 15.2 Å². The minimum Gasteiger partial charge on any atom is -0.358 e. The smallest absolute Gasteiger partial charge is 0.145 e. The molecule has 266 valence electrons. The fraction of sp³-hybridized carbons (Fsp3) is 0.0755. The van der Waals surface area contributed by atoms with Gasteiger partial charge in [-0.2, -0.15) is 0 Å². The van der Waals surface area contributed by atoms with Crippen molar-refractivity contribution < 1.29 is 0 Å². The standard InChI is InChI=1S/C53H38N2S/c1-53(2)45-32-38(27-28-42(45)47-44(33-15-5-3-6-16-33)31-39-19-9-10-24-41(39)48(47)53)36-21-13-20-35(29-36)37-22-14-23-40(30-37)49-51-50(43-25-11-12-26-46(43)56-51)55-52(54-49)34-17-7-4-8-18-34/h3-32,52,54H,1-2H3. The van der Waals surface area contributed by atoms with Gasteiger partial charge in [0.05, 0.1) is 15.6 Å². The Morgan fingerprint density at radius 2 is 1.12 bits per heavy atom. The largest absolute Gasteiger partial charge is 0.358 e. The summed E-state index contributed by atoms with van der Waals surface area (Å²) in [5.74, 6) is 0. The van der Waals surface area contributed by atoms with Crippen LogP contribution in [0.1, 0.15) is 42.3 Å². The van der Waals surface area contributed by atoms with Crippen molar-refractivity contribution in [1.29, 1.82) is 0 Å². The zero-order valence-electron chi connectivity index (χ0n) is 31.3. The maximum Gasteiger partial charge on any atom is 0.145 e. The Labute approximate surface area is 330 Å². The summed E-state index contributed by atoms with van der Waals surface area (Å²) < 4.78 is 2.44. The Hall–Kier alpha value is -6.55. The fourth-order valence-corrected chi connectivity index (χ4v) is 10.3. The number of hydrogen-bond donors (Lipinski definition) is 1. The summed E-state index contributed by atoms with van der Waals surface area (Å²) in [5.41, 5.74) is 16.2. The van der Waals surface area contributed by atoms with E-state index in [1.165, 1.54) is 81.0 Å². The van der Waals surface area contributed by atoms with Gasteiger partial charge in [-0.1, -0.05) is 166 Å². The average molecular weight is 735 g/mol. The lowest BCUT2D eigenvalue weighted by atomic mass is 9.78. The molecule has 1 aliphatic carbocycles. The van der Waals surface area contributed by atoms with Gasteiger partial charge in [0.25, 0.3) is 0 Å². The summed E-state index contributed by atoms with van der Waals surface area (Å²) in [5, 5.41) is 8.75. The van der Waals surface area contributed by atoms with E-state index in [4.69, 9.17) is 4.99 Å². The van der Waals surface area contributed by atoms with Crippen LogP contribution in [-0.4, -0.2) is 0 Å². The van der Waals surface area contributed by atoms with Crippen LogP contribution in [0.4, 0.5) is 0 Å². The van der Waals surface area contributed by atoms with Crippen molar-refractivity contribution >= 4 is 37.9 Å². The molecule has 3 heteroatoms. The van der Waals surface area contributed by atoms with E-state index in [1.807, 2.05) is 11.3 Å². The van der Waals surface area contributed by atoms with Gasteiger partial charge in [0.2, 0.25) is 0 Å². The molecule has 56 heavy (non-hydrogen) atoms. The predicted molar refractivity (Wildman–Crippen MR) is 235 cm³/mol. The van der Waals surface area contributed by atoms with Gasteiger partial charge >= 0.3 is 0 Å². The van der Waals surface area contributed by atoms with E-state index in [-0.39, 0.29) is 11.6 Å². The first-order chi connectivity index (χ1) is 27.5. The molecular formula is C53H38N2S. The summed E-state index contributed by atoms with van der Waals surface area (Å²) in [7, 11) is 0. The van der Waals surface area contributed by atoms with Crippen LogP contribution in [-0.2, 0) is 5.41 Å². The highest BCUT2D eigenvalue weighted by Crippen LogP contribution is 2.55. The molecule has 2 heterocycles. The number of nitrogens with one attached hydrogen (secondary N) is 1. The van der Waals surface area contributed by atoms with Gasteiger partial charge in [0.15, 0.2) is 0 Å². The molecule has 0 saturated heterocycles. The summed E-state index contributed by atoms with van der Waals surface area (Å²) in [6.45, 7) is 4.80. The van der Waals surface area contributed by atoms with Crippen molar-refractivity contribution in [3.63, 3.8) is 0 Å². The van der Waals surface area contributed by atoms with Crippen LogP contribution in [0.3, 0.4) is 0 Å². The molecule has 2 aliphatic rings. The van der Waals surface area contributed by atoms with Crippen molar-refractivity contribution in [2.24, 2.45) is 4.99 Å². The first-order valence-corrected chi connectivity index (χ1v) is 20.2. The fourth-order valence-electron chi connectivity index (χ4n) is 9.15. The monoisotopic (exact) mass is 734 g/mol.